The van der Waals surface area contributed by atoms with Gasteiger partial charge in [-0.25, -0.2) is 4.98 Å². The van der Waals surface area contributed by atoms with Crippen LogP contribution in [-0.4, -0.2) is 31.1 Å². The first-order valence-corrected chi connectivity index (χ1v) is 5.18. The molecule has 0 aliphatic rings. The van der Waals surface area contributed by atoms with E-state index in [-0.39, 0.29) is 23.6 Å². The molecule has 0 amide bonds. The highest BCUT2D eigenvalue weighted by Crippen LogP contribution is 2.30. The molecule has 0 fully saturated rings. The second-order valence-corrected chi connectivity index (χ2v) is 3.93. The molecule has 7 heteroatoms. The van der Waals surface area contributed by atoms with Crippen molar-refractivity contribution in [1.82, 2.24) is 4.98 Å². The molecule has 0 saturated carbocycles. The topological polar surface area (TPSA) is 92.3 Å². The molecule has 0 unspecified atom stereocenters. The van der Waals surface area contributed by atoms with E-state index >= 15 is 0 Å². The van der Waals surface area contributed by atoms with Gasteiger partial charge in [-0.2, -0.15) is 5.26 Å². The second kappa shape index (κ2) is 5.42. The molecular weight excluding hydrogens is 236 g/mol. The van der Waals surface area contributed by atoms with E-state index in [1.54, 1.807) is 25.9 Å². The fourth-order valence-electron chi connectivity index (χ4n) is 1.68. The lowest BCUT2D eigenvalue weighted by Gasteiger charge is -2.16. The minimum Gasteiger partial charge on any atom is -0.378 e. The molecule has 0 spiro atoms. The summed E-state index contributed by atoms with van der Waals surface area (Å²) in [5.74, 6) is 0.410. The molecule has 0 N–H and O–H groups in total. The van der Waals surface area contributed by atoms with Crippen LogP contribution in [0.15, 0.2) is 0 Å². The minimum atomic E-state index is -0.531. The Morgan fingerprint density at radius 1 is 1.56 bits per heavy atom. The molecule has 0 saturated heterocycles. The van der Waals surface area contributed by atoms with Gasteiger partial charge in [0.05, 0.1) is 17.1 Å². The Bertz CT molecular complexity index is 520. The molecule has 0 aromatic carbocycles. The molecule has 0 radical (unpaired) electrons. The molecule has 0 aliphatic heterocycles. The van der Waals surface area contributed by atoms with Crippen molar-refractivity contribution in [3.63, 3.8) is 0 Å². The number of anilines is 1. The molecule has 1 aromatic heterocycles. The van der Waals surface area contributed by atoms with Crippen LogP contribution in [0.5, 0.6) is 0 Å². The summed E-state index contributed by atoms with van der Waals surface area (Å²) in [5, 5.41) is 20.2. The number of hydrogen-bond donors (Lipinski definition) is 0. The number of pyridine rings is 1. The van der Waals surface area contributed by atoms with Crippen LogP contribution in [0.1, 0.15) is 16.8 Å². The zero-order chi connectivity index (χ0) is 13.9. The van der Waals surface area contributed by atoms with E-state index in [4.69, 9.17) is 10.00 Å². The summed E-state index contributed by atoms with van der Waals surface area (Å²) in [6, 6.07) is 1.96. The summed E-state index contributed by atoms with van der Waals surface area (Å²) in [6.45, 7) is 1.58. The van der Waals surface area contributed by atoms with Crippen LogP contribution >= 0.6 is 0 Å². The first-order chi connectivity index (χ1) is 8.43. The predicted octanol–water partition coefficient (Wildman–Crippen LogP) is 1.38. The van der Waals surface area contributed by atoms with Gasteiger partial charge in [0, 0.05) is 21.2 Å². The predicted molar refractivity (Wildman–Crippen MR) is 65.4 cm³/mol. The van der Waals surface area contributed by atoms with Gasteiger partial charge >= 0.3 is 0 Å². The third-order valence-corrected chi connectivity index (χ3v) is 2.47. The molecule has 0 atom stereocenters. The summed E-state index contributed by atoms with van der Waals surface area (Å²) in [7, 11) is 4.89. The molecule has 7 nitrogen and oxygen atoms in total. The highest BCUT2D eigenvalue weighted by atomic mass is 16.6. The molecule has 0 aliphatic carbocycles. The molecular formula is C11H14N4O3. The van der Waals surface area contributed by atoms with E-state index in [0.717, 1.165) is 0 Å². The summed E-state index contributed by atoms with van der Waals surface area (Å²) in [5.41, 5.74) is 0.599. The van der Waals surface area contributed by atoms with Crippen LogP contribution < -0.4 is 4.90 Å². The number of aromatic nitrogens is 1. The summed E-state index contributed by atoms with van der Waals surface area (Å²) in [6.07, 6.45) is 0. The van der Waals surface area contributed by atoms with E-state index in [0.29, 0.717) is 11.4 Å². The first kappa shape index (κ1) is 13.9. The number of methoxy groups -OCH3 is 1. The molecule has 96 valence electrons. The van der Waals surface area contributed by atoms with Crippen molar-refractivity contribution in [2.75, 3.05) is 26.1 Å². The maximum Gasteiger partial charge on any atom is 0.297 e. The normalized spacial score (nSPS) is 9.94. The Morgan fingerprint density at radius 2 is 2.17 bits per heavy atom. The van der Waals surface area contributed by atoms with Crippen LogP contribution in [0, 0.1) is 28.4 Å². The average molecular weight is 250 g/mol. The maximum absolute atomic E-state index is 11.1. The van der Waals surface area contributed by atoms with E-state index < -0.39 is 4.92 Å². The fourth-order valence-corrected chi connectivity index (χ4v) is 1.68. The summed E-state index contributed by atoms with van der Waals surface area (Å²) >= 11 is 0. The highest BCUT2D eigenvalue weighted by molar-refractivity contribution is 5.64. The van der Waals surface area contributed by atoms with Crippen LogP contribution in [0.25, 0.3) is 0 Å². The maximum atomic E-state index is 11.1. The van der Waals surface area contributed by atoms with E-state index in [9.17, 15) is 10.1 Å². The lowest BCUT2D eigenvalue weighted by molar-refractivity contribution is -0.386. The van der Waals surface area contributed by atoms with Gasteiger partial charge in [0.15, 0.2) is 0 Å². The number of nitrogens with zero attached hydrogens (tertiary/aromatic N) is 4. The highest BCUT2D eigenvalue weighted by Gasteiger charge is 2.25. The Kier molecular flexibility index (Phi) is 4.18. The van der Waals surface area contributed by atoms with Crippen molar-refractivity contribution < 1.29 is 9.66 Å². The standard InChI is InChI=1S/C11H14N4O3/c1-7-8(5-12)11(14(2)3)13-9(6-18-4)10(7)15(16)17/h6H2,1-4H3. The van der Waals surface area contributed by atoms with Gasteiger partial charge in [-0.05, 0) is 6.92 Å². The van der Waals surface area contributed by atoms with Gasteiger partial charge < -0.3 is 9.64 Å². The fraction of sp³-hybridized carbons (Fsp3) is 0.455. The van der Waals surface area contributed by atoms with Crippen molar-refractivity contribution >= 4 is 11.5 Å². The quantitative estimate of drug-likeness (QED) is 0.592. The van der Waals surface area contributed by atoms with Crippen LogP contribution in [0.3, 0.4) is 0 Å². The Balaban J connectivity index is 3.63. The van der Waals surface area contributed by atoms with Crippen molar-refractivity contribution in [3.05, 3.63) is 26.9 Å². The largest absolute Gasteiger partial charge is 0.378 e. The Morgan fingerprint density at radius 3 is 2.56 bits per heavy atom. The van der Waals surface area contributed by atoms with E-state index in [1.165, 1.54) is 7.11 Å². The number of nitro groups is 1. The van der Waals surface area contributed by atoms with Crippen molar-refractivity contribution in [1.29, 1.82) is 5.26 Å². The van der Waals surface area contributed by atoms with Crippen molar-refractivity contribution in [2.45, 2.75) is 13.5 Å². The number of rotatable bonds is 4. The number of nitriles is 1. The number of ether oxygens (including phenoxy) is 1. The summed E-state index contributed by atoms with van der Waals surface area (Å²) in [4.78, 5) is 16.3. The smallest absolute Gasteiger partial charge is 0.297 e. The molecule has 18 heavy (non-hydrogen) atoms. The van der Waals surface area contributed by atoms with Crippen molar-refractivity contribution in [2.24, 2.45) is 0 Å². The van der Waals surface area contributed by atoms with Crippen LogP contribution in [-0.2, 0) is 11.3 Å². The zero-order valence-electron chi connectivity index (χ0n) is 10.7. The third kappa shape index (κ3) is 2.38. The zero-order valence-corrected chi connectivity index (χ0v) is 10.7. The monoisotopic (exact) mass is 250 g/mol. The van der Waals surface area contributed by atoms with Crippen molar-refractivity contribution in [3.8, 4) is 6.07 Å². The SMILES string of the molecule is COCc1nc(N(C)C)c(C#N)c(C)c1[N+](=O)[O-]. The van der Waals surface area contributed by atoms with Gasteiger partial charge in [0.1, 0.15) is 23.1 Å². The average Bonchev–Trinajstić information content (AvgIpc) is 2.28. The Labute approximate surface area is 105 Å². The van der Waals surface area contributed by atoms with Gasteiger partial charge in [-0.3, -0.25) is 10.1 Å². The molecule has 0 bridgehead atoms. The lowest BCUT2D eigenvalue weighted by Crippen LogP contribution is -2.16. The molecule has 1 aromatic rings. The number of hydrogen-bond acceptors (Lipinski definition) is 6. The van der Waals surface area contributed by atoms with Crippen LogP contribution in [0.4, 0.5) is 11.5 Å². The lowest BCUT2D eigenvalue weighted by atomic mass is 10.1. The molecule has 1 heterocycles. The summed E-state index contributed by atoms with van der Waals surface area (Å²) < 4.78 is 4.91. The Hall–Kier alpha value is -2.20. The van der Waals surface area contributed by atoms with E-state index in [2.05, 4.69) is 4.98 Å². The minimum absolute atomic E-state index is 0.0315. The second-order valence-electron chi connectivity index (χ2n) is 3.93. The van der Waals surface area contributed by atoms with Gasteiger partial charge in [-0.15, -0.1) is 0 Å². The third-order valence-electron chi connectivity index (χ3n) is 2.47. The van der Waals surface area contributed by atoms with E-state index in [1.807, 2.05) is 6.07 Å². The van der Waals surface area contributed by atoms with Crippen LogP contribution in [0.2, 0.25) is 0 Å². The van der Waals surface area contributed by atoms with Gasteiger partial charge in [-0.1, -0.05) is 0 Å². The first-order valence-electron chi connectivity index (χ1n) is 5.18. The van der Waals surface area contributed by atoms with Gasteiger partial charge in [0.2, 0.25) is 0 Å². The van der Waals surface area contributed by atoms with Gasteiger partial charge in [0.25, 0.3) is 5.69 Å². The molecule has 1 rings (SSSR count).